The zero-order valence-electron chi connectivity index (χ0n) is 11.5. The molecular formula is C15H22FNO2. The van der Waals surface area contributed by atoms with Gasteiger partial charge in [-0.3, -0.25) is 4.79 Å². The molecule has 19 heavy (non-hydrogen) atoms. The van der Waals surface area contributed by atoms with Crippen LogP contribution in [0.5, 0.6) is 0 Å². The summed E-state index contributed by atoms with van der Waals surface area (Å²) < 4.78 is 18.1. The van der Waals surface area contributed by atoms with Gasteiger partial charge in [-0.05, 0) is 32.4 Å². The highest BCUT2D eigenvalue weighted by Gasteiger charge is 2.01. The molecular weight excluding hydrogens is 245 g/mol. The first-order chi connectivity index (χ1) is 9.24. The minimum absolute atomic E-state index is 0.123. The van der Waals surface area contributed by atoms with Gasteiger partial charge in [0.05, 0.1) is 6.61 Å². The molecule has 0 heterocycles. The van der Waals surface area contributed by atoms with Gasteiger partial charge >= 0.3 is 5.97 Å². The van der Waals surface area contributed by atoms with Crippen LogP contribution in [0, 0.1) is 5.82 Å². The second-order valence-electron chi connectivity index (χ2n) is 4.38. The van der Waals surface area contributed by atoms with Crippen LogP contribution in [0.3, 0.4) is 0 Å². The summed E-state index contributed by atoms with van der Waals surface area (Å²) in [7, 11) is 0. The fraction of sp³-hybridized carbons (Fsp3) is 0.533. The average Bonchev–Trinajstić information content (AvgIpc) is 2.40. The molecule has 106 valence electrons. The quantitative estimate of drug-likeness (QED) is 0.552. The first-order valence-corrected chi connectivity index (χ1v) is 6.83. The van der Waals surface area contributed by atoms with Crippen LogP contribution in [0.15, 0.2) is 24.3 Å². The summed E-state index contributed by atoms with van der Waals surface area (Å²) in [5.41, 5.74) is 0.689. The molecule has 3 nitrogen and oxygen atoms in total. The Kier molecular flexibility index (Phi) is 7.82. The maximum absolute atomic E-state index is 13.3. The van der Waals surface area contributed by atoms with E-state index in [4.69, 9.17) is 4.74 Å². The van der Waals surface area contributed by atoms with Crippen LogP contribution in [-0.4, -0.2) is 19.1 Å². The Morgan fingerprint density at radius 1 is 1.26 bits per heavy atom. The van der Waals surface area contributed by atoms with Crippen LogP contribution in [0.2, 0.25) is 0 Å². The average molecular weight is 267 g/mol. The minimum atomic E-state index is -0.169. The topological polar surface area (TPSA) is 38.3 Å². The second kappa shape index (κ2) is 9.50. The predicted molar refractivity (Wildman–Crippen MR) is 73.2 cm³/mol. The summed E-state index contributed by atoms with van der Waals surface area (Å²) in [6.45, 7) is 3.63. The van der Waals surface area contributed by atoms with Crippen molar-refractivity contribution in [3.05, 3.63) is 35.6 Å². The minimum Gasteiger partial charge on any atom is -0.466 e. The van der Waals surface area contributed by atoms with E-state index >= 15 is 0 Å². The molecule has 1 rings (SSSR count). The van der Waals surface area contributed by atoms with Gasteiger partial charge in [0.25, 0.3) is 0 Å². The van der Waals surface area contributed by atoms with Crippen molar-refractivity contribution in [3.8, 4) is 0 Å². The van der Waals surface area contributed by atoms with Crippen molar-refractivity contribution >= 4 is 5.97 Å². The number of ether oxygens (including phenoxy) is 1. The standard InChI is InChI=1S/C15H22FNO2/c1-2-19-15(18)10-4-3-7-11-17-12-13-8-5-6-9-14(13)16/h5-6,8-9,17H,2-4,7,10-12H2,1H3. The maximum Gasteiger partial charge on any atom is 0.305 e. The van der Waals surface area contributed by atoms with Crippen molar-refractivity contribution < 1.29 is 13.9 Å². The summed E-state index contributed by atoms with van der Waals surface area (Å²) in [6.07, 6.45) is 3.29. The van der Waals surface area contributed by atoms with Gasteiger partial charge in [-0.25, -0.2) is 4.39 Å². The molecule has 0 bridgehead atoms. The summed E-state index contributed by atoms with van der Waals surface area (Å²) in [5, 5.41) is 3.20. The van der Waals surface area contributed by atoms with Crippen molar-refractivity contribution in [2.45, 2.75) is 39.2 Å². The normalized spacial score (nSPS) is 10.4. The molecule has 1 aromatic rings. The molecule has 0 atom stereocenters. The number of hydrogen-bond donors (Lipinski definition) is 1. The zero-order valence-corrected chi connectivity index (χ0v) is 11.5. The summed E-state index contributed by atoms with van der Waals surface area (Å²) in [4.78, 5) is 11.1. The largest absolute Gasteiger partial charge is 0.466 e. The van der Waals surface area contributed by atoms with Crippen LogP contribution in [0.25, 0.3) is 0 Å². The van der Waals surface area contributed by atoms with Gasteiger partial charge in [-0.2, -0.15) is 0 Å². The molecule has 0 unspecified atom stereocenters. The monoisotopic (exact) mass is 267 g/mol. The van der Waals surface area contributed by atoms with Crippen LogP contribution in [0.4, 0.5) is 4.39 Å². The number of unbranched alkanes of at least 4 members (excludes halogenated alkanes) is 2. The SMILES string of the molecule is CCOC(=O)CCCCCNCc1ccccc1F. The van der Waals surface area contributed by atoms with E-state index in [0.29, 0.717) is 25.1 Å². The van der Waals surface area contributed by atoms with E-state index in [2.05, 4.69) is 5.32 Å². The third-order valence-corrected chi connectivity index (χ3v) is 2.81. The van der Waals surface area contributed by atoms with Crippen molar-refractivity contribution in [1.82, 2.24) is 5.32 Å². The van der Waals surface area contributed by atoms with Crippen molar-refractivity contribution in [2.75, 3.05) is 13.2 Å². The van der Waals surface area contributed by atoms with E-state index in [1.807, 2.05) is 13.0 Å². The van der Waals surface area contributed by atoms with E-state index in [9.17, 15) is 9.18 Å². The number of carbonyl (C=O) groups excluding carboxylic acids is 1. The molecule has 0 aliphatic rings. The highest BCUT2D eigenvalue weighted by Crippen LogP contribution is 2.06. The first-order valence-electron chi connectivity index (χ1n) is 6.83. The molecule has 0 fully saturated rings. The van der Waals surface area contributed by atoms with E-state index in [-0.39, 0.29) is 11.8 Å². The molecule has 0 aliphatic carbocycles. The van der Waals surface area contributed by atoms with Crippen LogP contribution in [0.1, 0.15) is 38.2 Å². The Morgan fingerprint density at radius 3 is 2.79 bits per heavy atom. The molecule has 0 saturated heterocycles. The number of hydrogen-bond acceptors (Lipinski definition) is 3. The molecule has 4 heteroatoms. The third kappa shape index (κ3) is 6.91. The van der Waals surface area contributed by atoms with Crippen LogP contribution in [-0.2, 0) is 16.1 Å². The van der Waals surface area contributed by atoms with Gasteiger partial charge in [0.1, 0.15) is 5.82 Å². The van der Waals surface area contributed by atoms with E-state index < -0.39 is 0 Å². The lowest BCUT2D eigenvalue weighted by Crippen LogP contribution is -2.15. The van der Waals surface area contributed by atoms with E-state index in [1.54, 1.807) is 12.1 Å². The fourth-order valence-corrected chi connectivity index (χ4v) is 1.79. The summed E-state index contributed by atoms with van der Waals surface area (Å²) in [6, 6.07) is 6.77. The molecule has 0 aliphatic heterocycles. The lowest BCUT2D eigenvalue weighted by Gasteiger charge is -2.06. The van der Waals surface area contributed by atoms with Gasteiger partial charge < -0.3 is 10.1 Å². The maximum atomic E-state index is 13.3. The highest BCUT2D eigenvalue weighted by molar-refractivity contribution is 5.69. The molecule has 1 aromatic carbocycles. The van der Waals surface area contributed by atoms with Crippen molar-refractivity contribution in [3.63, 3.8) is 0 Å². The molecule has 0 spiro atoms. The molecule has 0 radical (unpaired) electrons. The van der Waals surface area contributed by atoms with E-state index in [1.165, 1.54) is 6.07 Å². The summed E-state index contributed by atoms with van der Waals surface area (Å²) >= 11 is 0. The number of esters is 1. The Balaban J connectivity index is 2.00. The van der Waals surface area contributed by atoms with Gasteiger partial charge in [-0.1, -0.05) is 24.6 Å². The summed E-state index contributed by atoms with van der Waals surface area (Å²) in [5.74, 6) is -0.292. The van der Waals surface area contributed by atoms with E-state index in [0.717, 1.165) is 25.8 Å². The van der Waals surface area contributed by atoms with Crippen LogP contribution < -0.4 is 5.32 Å². The number of rotatable bonds is 9. The second-order valence-corrected chi connectivity index (χ2v) is 4.38. The van der Waals surface area contributed by atoms with Gasteiger partial charge in [0, 0.05) is 18.5 Å². The molecule has 0 aromatic heterocycles. The van der Waals surface area contributed by atoms with Gasteiger partial charge in [-0.15, -0.1) is 0 Å². The zero-order chi connectivity index (χ0) is 13.9. The Labute approximate surface area is 114 Å². The fourth-order valence-electron chi connectivity index (χ4n) is 1.79. The highest BCUT2D eigenvalue weighted by atomic mass is 19.1. The first kappa shape index (κ1) is 15.6. The predicted octanol–water partition coefficient (Wildman–Crippen LogP) is 3.04. The van der Waals surface area contributed by atoms with Gasteiger partial charge in [0.15, 0.2) is 0 Å². The number of benzene rings is 1. The van der Waals surface area contributed by atoms with Crippen molar-refractivity contribution in [2.24, 2.45) is 0 Å². The third-order valence-electron chi connectivity index (χ3n) is 2.81. The number of carbonyl (C=O) groups is 1. The molecule has 1 N–H and O–H groups in total. The van der Waals surface area contributed by atoms with Gasteiger partial charge in [0.2, 0.25) is 0 Å². The number of nitrogens with one attached hydrogen (secondary N) is 1. The molecule has 0 saturated carbocycles. The Hall–Kier alpha value is -1.42. The smallest absolute Gasteiger partial charge is 0.305 e. The van der Waals surface area contributed by atoms with Crippen molar-refractivity contribution in [1.29, 1.82) is 0 Å². The Bertz CT molecular complexity index is 382. The molecule has 0 amide bonds. The lowest BCUT2D eigenvalue weighted by atomic mass is 10.2. The Morgan fingerprint density at radius 2 is 2.05 bits per heavy atom. The van der Waals surface area contributed by atoms with Crippen LogP contribution >= 0.6 is 0 Å². The number of halogens is 1. The lowest BCUT2D eigenvalue weighted by molar-refractivity contribution is -0.143.